The number of hydrogen-bond acceptors (Lipinski definition) is 1. The van der Waals surface area contributed by atoms with Gasteiger partial charge in [-0.25, -0.2) is 9.13 Å². The Labute approximate surface area is 124 Å². The number of nitrogens with zero attached hydrogens (tertiary/aromatic N) is 2. The summed E-state index contributed by atoms with van der Waals surface area (Å²) in [5, 5.41) is 0. The van der Waals surface area contributed by atoms with Crippen molar-refractivity contribution in [2.75, 3.05) is 0 Å². The number of aryl methyl sites for hydroxylation is 4. The molecule has 0 fully saturated rings. The Hall–Kier alpha value is -1.42. The lowest BCUT2D eigenvalue weighted by molar-refractivity contribution is -0.671. The van der Waals surface area contributed by atoms with E-state index in [9.17, 15) is 4.79 Å². The molecule has 2 aromatic rings. The maximum absolute atomic E-state index is 12.3. The van der Waals surface area contributed by atoms with Gasteiger partial charge in [0.05, 0.1) is 7.05 Å². The molecule has 1 aromatic carbocycles. The summed E-state index contributed by atoms with van der Waals surface area (Å²) in [5.74, 6) is 0.168. The lowest BCUT2D eigenvalue weighted by Gasteiger charge is -2.09. The van der Waals surface area contributed by atoms with Gasteiger partial charge in [-0.3, -0.25) is 4.79 Å². The van der Waals surface area contributed by atoms with Crippen LogP contribution in [0.5, 0.6) is 0 Å². The van der Waals surface area contributed by atoms with Gasteiger partial charge >= 0.3 is 0 Å². The van der Waals surface area contributed by atoms with Crippen LogP contribution in [-0.4, -0.2) is 10.4 Å². The Balaban J connectivity index is 0.00000180. The highest BCUT2D eigenvalue weighted by Crippen LogP contribution is 2.17. The summed E-state index contributed by atoms with van der Waals surface area (Å²) in [6, 6.07) is 4.13. The number of benzene rings is 1. The van der Waals surface area contributed by atoms with E-state index in [2.05, 4.69) is 19.1 Å². The third-order valence-corrected chi connectivity index (χ3v) is 3.11. The van der Waals surface area contributed by atoms with Gasteiger partial charge in [-0.05, 0) is 31.9 Å². The molecule has 0 radical (unpaired) electrons. The Morgan fingerprint density at radius 1 is 1.21 bits per heavy atom. The highest BCUT2D eigenvalue weighted by molar-refractivity contribution is 5.98. The van der Waals surface area contributed by atoms with Crippen LogP contribution in [0.4, 0.5) is 0 Å². The molecule has 1 heterocycles. The molecule has 1 aromatic heterocycles. The second-order valence-electron chi connectivity index (χ2n) is 4.95. The summed E-state index contributed by atoms with van der Waals surface area (Å²) in [5.41, 5.74) is 4.19. The quantitative estimate of drug-likeness (QED) is 0.532. The first-order chi connectivity index (χ1) is 8.47. The summed E-state index contributed by atoms with van der Waals surface area (Å²) < 4.78 is 3.84. The molecule has 0 atom stereocenters. The van der Waals surface area contributed by atoms with E-state index in [-0.39, 0.29) is 22.8 Å². The number of Topliss-reactive ketones (excluding diaryl/α,β-unsaturated/α-hetero) is 1. The van der Waals surface area contributed by atoms with Gasteiger partial charge < -0.3 is 17.0 Å². The minimum Gasteiger partial charge on any atom is -1.00 e. The summed E-state index contributed by atoms with van der Waals surface area (Å²) in [6.07, 6.45) is 5.76. The topological polar surface area (TPSA) is 25.9 Å². The van der Waals surface area contributed by atoms with Crippen molar-refractivity contribution in [2.24, 2.45) is 7.05 Å². The molecule has 0 aliphatic carbocycles. The number of hydrogen-bond donors (Lipinski definition) is 0. The summed E-state index contributed by atoms with van der Waals surface area (Å²) in [6.45, 7) is 6.46. The highest BCUT2D eigenvalue weighted by atomic mass is 79.9. The molecule has 3 nitrogen and oxygen atoms in total. The number of carbonyl (C=O) groups is 1. The van der Waals surface area contributed by atoms with Gasteiger partial charge in [0.1, 0.15) is 12.4 Å². The average Bonchev–Trinajstić information content (AvgIpc) is 2.62. The Bertz CT molecular complexity index is 579. The molecule has 102 valence electrons. The third kappa shape index (κ3) is 3.53. The first-order valence-corrected chi connectivity index (χ1v) is 6.09. The van der Waals surface area contributed by atoms with Gasteiger partial charge in [0.15, 0.2) is 6.54 Å². The van der Waals surface area contributed by atoms with Gasteiger partial charge in [0, 0.05) is 5.56 Å². The Morgan fingerprint density at radius 2 is 1.79 bits per heavy atom. The van der Waals surface area contributed by atoms with Crippen LogP contribution in [0.15, 0.2) is 30.9 Å². The molecule has 0 N–H and O–H groups in total. The van der Waals surface area contributed by atoms with Crippen molar-refractivity contribution in [3.63, 3.8) is 0 Å². The van der Waals surface area contributed by atoms with Crippen molar-refractivity contribution in [3.8, 4) is 0 Å². The second kappa shape index (κ2) is 6.15. The van der Waals surface area contributed by atoms with Crippen LogP contribution in [-0.2, 0) is 13.6 Å². The van der Waals surface area contributed by atoms with Crippen LogP contribution < -0.4 is 21.5 Å². The molecule has 0 aliphatic heterocycles. The van der Waals surface area contributed by atoms with Crippen LogP contribution >= 0.6 is 0 Å². The molecule has 19 heavy (non-hydrogen) atoms. The number of carbonyl (C=O) groups excluding carboxylic acids is 1. The van der Waals surface area contributed by atoms with Crippen molar-refractivity contribution in [1.82, 2.24) is 4.57 Å². The summed E-state index contributed by atoms with van der Waals surface area (Å²) >= 11 is 0. The van der Waals surface area contributed by atoms with Crippen LogP contribution in [0.3, 0.4) is 0 Å². The molecular weight excluding hydrogens is 304 g/mol. The van der Waals surface area contributed by atoms with Gasteiger partial charge in [-0.2, -0.15) is 0 Å². The van der Waals surface area contributed by atoms with E-state index in [0.29, 0.717) is 6.54 Å². The van der Waals surface area contributed by atoms with E-state index in [4.69, 9.17) is 0 Å². The van der Waals surface area contributed by atoms with Crippen molar-refractivity contribution < 1.29 is 26.3 Å². The van der Waals surface area contributed by atoms with Crippen molar-refractivity contribution in [1.29, 1.82) is 0 Å². The zero-order valence-electron chi connectivity index (χ0n) is 11.8. The number of imidazole rings is 1. The minimum atomic E-state index is 0. The fourth-order valence-corrected chi connectivity index (χ4v) is 2.46. The Kier molecular flexibility index (Phi) is 5.06. The predicted molar refractivity (Wildman–Crippen MR) is 70.6 cm³/mol. The first-order valence-electron chi connectivity index (χ1n) is 6.09. The molecule has 0 spiro atoms. The molecule has 0 bridgehead atoms. The Morgan fingerprint density at radius 3 is 2.26 bits per heavy atom. The van der Waals surface area contributed by atoms with Gasteiger partial charge in [0.2, 0.25) is 12.1 Å². The molecular formula is C15H19BrN2O. The zero-order chi connectivity index (χ0) is 13.3. The predicted octanol–water partition coefficient (Wildman–Crippen LogP) is -0.875. The summed E-state index contributed by atoms with van der Waals surface area (Å²) in [4.78, 5) is 12.3. The molecule has 0 saturated carbocycles. The maximum atomic E-state index is 12.3. The SMILES string of the molecule is Cc1cc(C)c(C(=O)Cn2cc[n+](C)c2)c(C)c1.[Br-]. The van der Waals surface area contributed by atoms with Crippen LogP contribution in [0.25, 0.3) is 0 Å². The third-order valence-electron chi connectivity index (χ3n) is 3.11. The molecule has 0 amide bonds. The van der Waals surface area contributed by atoms with E-state index in [1.54, 1.807) is 0 Å². The van der Waals surface area contributed by atoms with E-state index in [1.165, 1.54) is 5.56 Å². The van der Waals surface area contributed by atoms with E-state index in [1.807, 2.05) is 48.8 Å². The lowest BCUT2D eigenvalue weighted by Crippen LogP contribution is -3.00. The fraction of sp³-hybridized carbons (Fsp3) is 0.333. The smallest absolute Gasteiger partial charge is 0.243 e. The standard InChI is InChI=1S/C15H19N2O.BrH/c1-11-7-12(2)15(13(3)8-11)14(18)9-17-6-5-16(4)10-17;/h5-8,10H,9H2,1-4H3;1H/q+1;/p-1. The van der Waals surface area contributed by atoms with Crippen molar-refractivity contribution in [3.05, 3.63) is 53.1 Å². The van der Waals surface area contributed by atoms with Crippen molar-refractivity contribution in [2.45, 2.75) is 27.3 Å². The largest absolute Gasteiger partial charge is 1.00 e. The van der Waals surface area contributed by atoms with E-state index in [0.717, 1.165) is 16.7 Å². The van der Waals surface area contributed by atoms with Crippen LogP contribution in [0.1, 0.15) is 27.0 Å². The normalized spacial score (nSPS) is 10.1. The maximum Gasteiger partial charge on any atom is 0.243 e. The molecule has 0 saturated heterocycles. The first kappa shape index (κ1) is 15.6. The highest BCUT2D eigenvalue weighted by Gasteiger charge is 2.15. The number of rotatable bonds is 3. The van der Waals surface area contributed by atoms with Crippen molar-refractivity contribution >= 4 is 5.78 Å². The minimum absolute atomic E-state index is 0. The zero-order valence-corrected chi connectivity index (χ0v) is 13.4. The fourth-order valence-electron chi connectivity index (χ4n) is 2.46. The second-order valence-corrected chi connectivity index (χ2v) is 4.95. The monoisotopic (exact) mass is 322 g/mol. The molecule has 4 heteroatoms. The lowest BCUT2D eigenvalue weighted by atomic mass is 9.96. The average molecular weight is 323 g/mol. The van der Waals surface area contributed by atoms with Crippen LogP contribution in [0.2, 0.25) is 0 Å². The molecule has 0 aliphatic rings. The van der Waals surface area contributed by atoms with Gasteiger partial charge in [-0.15, -0.1) is 0 Å². The summed E-state index contributed by atoms with van der Waals surface area (Å²) in [7, 11) is 1.95. The molecule has 2 rings (SSSR count). The van der Waals surface area contributed by atoms with Crippen LogP contribution in [0, 0.1) is 20.8 Å². The van der Waals surface area contributed by atoms with Gasteiger partial charge in [-0.1, -0.05) is 17.7 Å². The molecule has 0 unspecified atom stereocenters. The van der Waals surface area contributed by atoms with E-state index < -0.39 is 0 Å². The number of aromatic nitrogens is 2. The van der Waals surface area contributed by atoms with E-state index >= 15 is 0 Å². The number of halogens is 1. The number of ketones is 1. The van der Waals surface area contributed by atoms with Gasteiger partial charge in [0.25, 0.3) is 0 Å².